The van der Waals surface area contributed by atoms with Gasteiger partial charge in [-0.25, -0.2) is 0 Å². The maximum Gasteiger partial charge on any atom is 0.303 e. The molecular weight excluding hydrogens is 232 g/mol. The van der Waals surface area contributed by atoms with E-state index in [2.05, 4.69) is 10.6 Å². The van der Waals surface area contributed by atoms with Gasteiger partial charge in [-0.05, 0) is 39.2 Å². The molecule has 0 radical (unpaired) electrons. The Morgan fingerprint density at radius 2 is 1.89 bits per heavy atom. The summed E-state index contributed by atoms with van der Waals surface area (Å²) in [5.74, 6) is -0.474. The molecule has 1 unspecified atom stereocenters. The minimum atomic E-state index is -0.765. The van der Waals surface area contributed by atoms with Gasteiger partial charge in [-0.1, -0.05) is 13.8 Å². The number of carboxylic acids is 1. The van der Waals surface area contributed by atoms with Gasteiger partial charge >= 0.3 is 5.97 Å². The third-order valence-electron chi connectivity index (χ3n) is 2.96. The van der Waals surface area contributed by atoms with Gasteiger partial charge in [0.15, 0.2) is 0 Å². The maximum atomic E-state index is 11.8. The van der Waals surface area contributed by atoms with Gasteiger partial charge in [0.05, 0.1) is 5.54 Å². The first kappa shape index (κ1) is 16.9. The van der Waals surface area contributed by atoms with E-state index in [0.717, 1.165) is 13.0 Å². The third-order valence-corrected chi connectivity index (χ3v) is 2.96. The standard InChI is InChI=1S/C13H26N2O3/c1-5-15-13(3,4)12(18)14-9-8-10(2)6-7-11(16)17/h10,15H,5-9H2,1-4H3,(H,14,18)(H,16,17). The first-order valence-electron chi connectivity index (χ1n) is 6.54. The summed E-state index contributed by atoms with van der Waals surface area (Å²) in [6, 6.07) is 0. The number of carbonyl (C=O) groups excluding carboxylic acids is 1. The lowest BCUT2D eigenvalue weighted by Gasteiger charge is -2.24. The Balaban J connectivity index is 3.83. The van der Waals surface area contributed by atoms with Gasteiger partial charge in [0.1, 0.15) is 0 Å². The molecule has 5 nitrogen and oxygen atoms in total. The van der Waals surface area contributed by atoms with Crippen molar-refractivity contribution < 1.29 is 14.7 Å². The Morgan fingerprint density at radius 3 is 2.39 bits per heavy atom. The fourth-order valence-electron chi connectivity index (χ4n) is 1.69. The van der Waals surface area contributed by atoms with E-state index >= 15 is 0 Å². The number of carbonyl (C=O) groups is 2. The Bertz CT molecular complexity index is 277. The van der Waals surface area contributed by atoms with Crippen molar-refractivity contribution in [3.63, 3.8) is 0 Å². The fraction of sp³-hybridized carbons (Fsp3) is 0.846. The maximum absolute atomic E-state index is 11.8. The Hall–Kier alpha value is -1.10. The number of amides is 1. The third kappa shape index (κ3) is 7.27. The van der Waals surface area contributed by atoms with E-state index < -0.39 is 11.5 Å². The second-order valence-electron chi connectivity index (χ2n) is 5.24. The molecule has 0 fully saturated rings. The Labute approximate surface area is 109 Å². The molecular formula is C13H26N2O3. The molecule has 0 aliphatic rings. The quantitative estimate of drug-likeness (QED) is 0.584. The lowest BCUT2D eigenvalue weighted by atomic mass is 10.0. The molecule has 0 aromatic carbocycles. The van der Waals surface area contributed by atoms with E-state index in [0.29, 0.717) is 18.9 Å². The van der Waals surface area contributed by atoms with Gasteiger partial charge in [-0.2, -0.15) is 0 Å². The van der Waals surface area contributed by atoms with E-state index in [-0.39, 0.29) is 12.3 Å². The fourth-order valence-corrected chi connectivity index (χ4v) is 1.69. The molecule has 18 heavy (non-hydrogen) atoms. The lowest BCUT2D eigenvalue weighted by Crippen LogP contribution is -2.52. The van der Waals surface area contributed by atoms with Crippen LogP contribution in [0.3, 0.4) is 0 Å². The molecule has 0 aliphatic carbocycles. The van der Waals surface area contributed by atoms with Crippen molar-refractivity contribution >= 4 is 11.9 Å². The molecule has 5 heteroatoms. The molecule has 0 heterocycles. The first-order chi connectivity index (χ1) is 8.29. The van der Waals surface area contributed by atoms with Crippen LogP contribution in [0.1, 0.15) is 47.0 Å². The largest absolute Gasteiger partial charge is 0.481 e. The zero-order valence-electron chi connectivity index (χ0n) is 11.9. The summed E-state index contributed by atoms with van der Waals surface area (Å²) in [6.45, 7) is 9.00. The van der Waals surface area contributed by atoms with Crippen molar-refractivity contribution in [3.05, 3.63) is 0 Å². The summed E-state index contributed by atoms with van der Waals surface area (Å²) in [6.07, 6.45) is 1.65. The molecule has 0 rings (SSSR count). The van der Waals surface area contributed by atoms with Crippen molar-refractivity contribution in [1.82, 2.24) is 10.6 Å². The minimum absolute atomic E-state index is 0.0187. The van der Waals surface area contributed by atoms with E-state index in [9.17, 15) is 9.59 Å². The molecule has 1 amide bonds. The summed E-state index contributed by atoms with van der Waals surface area (Å²) < 4.78 is 0. The highest BCUT2D eigenvalue weighted by atomic mass is 16.4. The predicted octanol–water partition coefficient (Wildman–Crippen LogP) is 1.38. The highest BCUT2D eigenvalue weighted by Gasteiger charge is 2.25. The van der Waals surface area contributed by atoms with Gasteiger partial charge in [0.25, 0.3) is 0 Å². The van der Waals surface area contributed by atoms with Crippen LogP contribution in [-0.4, -0.2) is 35.6 Å². The van der Waals surface area contributed by atoms with Crippen molar-refractivity contribution in [3.8, 4) is 0 Å². The van der Waals surface area contributed by atoms with E-state index in [4.69, 9.17) is 5.11 Å². The molecule has 0 aromatic rings. The molecule has 0 bridgehead atoms. The monoisotopic (exact) mass is 258 g/mol. The van der Waals surface area contributed by atoms with Gasteiger partial charge < -0.3 is 15.7 Å². The second-order valence-corrected chi connectivity index (χ2v) is 5.24. The number of likely N-dealkylation sites (N-methyl/N-ethyl adjacent to an activating group) is 1. The number of nitrogens with one attached hydrogen (secondary N) is 2. The summed E-state index contributed by atoms with van der Waals surface area (Å²) in [7, 11) is 0. The van der Waals surface area contributed by atoms with Gasteiger partial charge in [-0.3, -0.25) is 9.59 Å². The van der Waals surface area contributed by atoms with E-state index in [1.165, 1.54) is 0 Å². The van der Waals surface area contributed by atoms with Crippen LogP contribution in [0.4, 0.5) is 0 Å². The molecule has 3 N–H and O–H groups in total. The normalized spacial score (nSPS) is 13.1. The molecule has 106 valence electrons. The summed E-state index contributed by atoms with van der Waals surface area (Å²) in [4.78, 5) is 22.2. The topological polar surface area (TPSA) is 78.4 Å². The molecule has 0 aliphatic heterocycles. The molecule has 0 spiro atoms. The van der Waals surface area contributed by atoms with Crippen LogP contribution in [-0.2, 0) is 9.59 Å². The van der Waals surface area contributed by atoms with Gasteiger partial charge in [0.2, 0.25) is 5.91 Å². The number of rotatable bonds is 9. The SMILES string of the molecule is CCNC(C)(C)C(=O)NCCC(C)CCC(=O)O. The van der Waals surface area contributed by atoms with Crippen molar-refractivity contribution in [2.45, 2.75) is 52.5 Å². The van der Waals surface area contributed by atoms with Crippen LogP contribution in [0.5, 0.6) is 0 Å². The molecule has 0 saturated carbocycles. The average Bonchev–Trinajstić information content (AvgIpc) is 2.26. The molecule has 1 atom stereocenters. The summed E-state index contributed by atoms with van der Waals surface area (Å²) >= 11 is 0. The van der Waals surface area contributed by atoms with Crippen molar-refractivity contribution in [2.24, 2.45) is 5.92 Å². The highest BCUT2D eigenvalue weighted by molar-refractivity contribution is 5.85. The van der Waals surface area contributed by atoms with Crippen LogP contribution in [0.15, 0.2) is 0 Å². The molecule has 0 aromatic heterocycles. The van der Waals surface area contributed by atoms with Gasteiger partial charge in [-0.15, -0.1) is 0 Å². The number of carboxylic acid groups (broad SMARTS) is 1. The number of aliphatic carboxylic acids is 1. The van der Waals surface area contributed by atoms with Crippen LogP contribution in [0, 0.1) is 5.92 Å². The average molecular weight is 258 g/mol. The zero-order valence-corrected chi connectivity index (χ0v) is 11.9. The Kier molecular flexibility index (Phi) is 7.59. The second kappa shape index (κ2) is 8.08. The summed E-state index contributed by atoms with van der Waals surface area (Å²) in [5.41, 5.74) is -0.556. The molecule has 0 saturated heterocycles. The highest BCUT2D eigenvalue weighted by Crippen LogP contribution is 2.09. The van der Waals surface area contributed by atoms with Crippen molar-refractivity contribution in [1.29, 1.82) is 0 Å². The lowest BCUT2D eigenvalue weighted by molar-refractivity contribution is -0.137. The van der Waals surface area contributed by atoms with Gasteiger partial charge in [0, 0.05) is 13.0 Å². The van der Waals surface area contributed by atoms with E-state index in [1.807, 2.05) is 27.7 Å². The number of hydrogen-bond donors (Lipinski definition) is 3. The predicted molar refractivity (Wildman–Crippen MR) is 71.4 cm³/mol. The van der Waals surface area contributed by atoms with Crippen LogP contribution in [0.2, 0.25) is 0 Å². The van der Waals surface area contributed by atoms with Crippen molar-refractivity contribution in [2.75, 3.05) is 13.1 Å². The zero-order chi connectivity index (χ0) is 14.2. The van der Waals surface area contributed by atoms with Crippen LogP contribution < -0.4 is 10.6 Å². The smallest absolute Gasteiger partial charge is 0.303 e. The van der Waals surface area contributed by atoms with Crippen LogP contribution in [0.25, 0.3) is 0 Å². The van der Waals surface area contributed by atoms with Crippen LogP contribution >= 0.6 is 0 Å². The number of hydrogen-bond acceptors (Lipinski definition) is 3. The summed E-state index contributed by atoms with van der Waals surface area (Å²) in [5, 5.41) is 14.6. The van der Waals surface area contributed by atoms with E-state index in [1.54, 1.807) is 0 Å². The minimum Gasteiger partial charge on any atom is -0.481 e. The first-order valence-corrected chi connectivity index (χ1v) is 6.54. The Morgan fingerprint density at radius 1 is 1.28 bits per heavy atom.